The first-order valence-corrected chi connectivity index (χ1v) is 11.5. The van der Waals surface area contributed by atoms with E-state index in [0.717, 1.165) is 48.6 Å². The van der Waals surface area contributed by atoms with Crippen molar-refractivity contribution < 1.29 is 9.32 Å². The largest absolute Gasteiger partial charge is 0.356 e. The summed E-state index contributed by atoms with van der Waals surface area (Å²) in [5.41, 5.74) is 4.26. The van der Waals surface area contributed by atoms with Gasteiger partial charge in [0.15, 0.2) is 5.76 Å². The van der Waals surface area contributed by atoms with Gasteiger partial charge in [0.05, 0.1) is 5.69 Å². The van der Waals surface area contributed by atoms with Crippen LogP contribution in [0.5, 0.6) is 0 Å². The lowest BCUT2D eigenvalue weighted by Crippen LogP contribution is -2.39. The van der Waals surface area contributed by atoms with Crippen LogP contribution in [0.25, 0.3) is 11.3 Å². The Morgan fingerprint density at radius 1 is 1.09 bits per heavy atom. The van der Waals surface area contributed by atoms with E-state index in [9.17, 15) is 4.79 Å². The Morgan fingerprint density at radius 3 is 2.56 bits per heavy atom. The van der Waals surface area contributed by atoms with E-state index in [1.165, 1.54) is 5.56 Å². The van der Waals surface area contributed by atoms with Crippen LogP contribution in [0.3, 0.4) is 0 Å². The molecule has 4 rings (SSSR count). The minimum atomic E-state index is 0.0767. The van der Waals surface area contributed by atoms with E-state index in [2.05, 4.69) is 60.8 Å². The van der Waals surface area contributed by atoms with Crippen molar-refractivity contribution in [1.29, 1.82) is 0 Å². The minimum Gasteiger partial charge on any atom is -0.356 e. The highest BCUT2D eigenvalue weighted by molar-refractivity contribution is 5.90. The molecule has 0 aliphatic carbocycles. The van der Waals surface area contributed by atoms with E-state index in [-0.39, 0.29) is 11.3 Å². The second-order valence-corrected chi connectivity index (χ2v) is 9.85. The quantitative estimate of drug-likeness (QED) is 0.546. The summed E-state index contributed by atoms with van der Waals surface area (Å²) in [5.74, 6) is 1.55. The number of hydrogen-bond acceptors (Lipinski definition) is 4. The minimum absolute atomic E-state index is 0.0767. The molecule has 0 radical (unpaired) electrons. The number of rotatable bonds is 6. The Morgan fingerprint density at radius 2 is 1.84 bits per heavy atom. The van der Waals surface area contributed by atoms with E-state index in [1.54, 1.807) is 0 Å². The second kappa shape index (κ2) is 9.70. The highest BCUT2D eigenvalue weighted by Gasteiger charge is 2.28. The molecule has 3 aromatic rings. The topological polar surface area (TPSA) is 67.2 Å². The first-order valence-electron chi connectivity index (χ1n) is 11.5. The molecule has 1 aliphatic rings. The molecular weight excluding hydrogens is 398 g/mol. The highest BCUT2D eigenvalue weighted by Crippen LogP contribution is 2.30. The molecule has 1 aliphatic heterocycles. The fourth-order valence-electron chi connectivity index (χ4n) is 4.40. The SMILES string of the molecule is CC(C)(C)c1ccc(-c2cc(C[C@@H]3CNCC[C@H]3CC(=O)Nc3ccccc3)no2)cc1. The monoisotopic (exact) mass is 431 g/mol. The van der Waals surface area contributed by atoms with Gasteiger partial charge in [-0.3, -0.25) is 4.79 Å². The molecule has 5 heteroatoms. The van der Waals surface area contributed by atoms with E-state index >= 15 is 0 Å². The molecule has 1 fully saturated rings. The maximum absolute atomic E-state index is 12.6. The maximum Gasteiger partial charge on any atom is 0.224 e. The Kier molecular flexibility index (Phi) is 6.75. The molecule has 0 saturated carbocycles. The number of carbonyl (C=O) groups is 1. The molecule has 1 saturated heterocycles. The average molecular weight is 432 g/mol. The van der Waals surface area contributed by atoms with Crippen LogP contribution >= 0.6 is 0 Å². The molecule has 32 heavy (non-hydrogen) atoms. The number of anilines is 1. The summed E-state index contributed by atoms with van der Waals surface area (Å²) >= 11 is 0. The summed E-state index contributed by atoms with van der Waals surface area (Å²) in [4.78, 5) is 12.6. The van der Waals surface area contributed by atoms with Crippen LogP contribution in [0.1, 0.15) is 44.9 Å². The van der Waals surface area contributed by atoms with Crippen LogP contribution in [0.4, 0.5) is 5.69 Å². The van der Waals surface area contributed by atoms with Gasteiger partial charge in [0, 0.05) is 23.7 Å². The Bertz CT molecular complexity index is 1020. The number of aromatic nitrogens is 1. The van der Waals surface area contributed by atoms with Gasteiger partial charge in [-0.25, -0.2) is 0 Å². The maximum atomic E-state index is 12.6. The fraction of sp³-hybridized carbons (Fsp3) is 0.407. The molecule has 5 nitrogen and oxygen atoms in total. The lowest BCUT2D eigenvalue weighted by atomic mass is 9.81. The molecule has 1 aromatic heterocycles. The molecule has 2 heterocycles. The molecule has 2 aromatic carbocycles. The zero-order valence-electron chi connectivity index (χ0n) is 19.2. The smallest absolute Gasteiger partial charge is 0.224 e. The molecule has 2 atom stereocenters. The zero-order chi connectivity index (χ0) is 22.6. The number of piperidine rings is 1. The number of benzene rings is 2. The summed E-state index contributed by atoms with van der Waals surface area (Å²) in [6, 6.07) is 20.2. The third-order valence-electron chi connectivity index (χ3n) is 6.34. The van der Waals surface area contributed by atoms with Crippen molar-refractivity contribution in [3.63, 3.8) is 0 Å². The van der Waals surface area contributed by atoms with Gasteiger partial charge in [-0.15, -0.1) is 0 Å². The van der Waals surface area contributed by atoms with Gasteiger partial charge in [0.1, 0.15) is 0 Å². The Hall–Kier alpha value is -2.92. The van der Waals surface area contributed by atoms with Crippen molar-refractivity contribution in [3.8, 4) is 11.3 Å². The second-order valence-electron chi connectivity index (χ2n) is 9.85. The van der Waals surface area contributed by atoms with Crippen LogP contribution in [-0.4, -0.2) is 24.2 Å². The van der Waals surface area contributed by atoms with E-state index in [1.807, 2.05) is 36.4 Å². The number of amides is 1. The van der Waals surface area contributed by atoms with Crippen LogP contribution in [0.2, 0.25) is 0 Å². The van der Waals surface area contributed by atoms with Gasteiger partial charge in [-0.2, -0.15) is 0 Å². The standard InChI is InChI=1S/C27H33N3O2/c1-27(2,3)22-11-9-19(10-12-22)25-17-24(30-32-25)15-21-18-28-14-13-20(21)16-26(31)29-23-7-5-4-6-8-23/h4-12,17,20-21,28H,13-16,18H2,1-3H3,(H,29,31)/t20-,21+/m0/s1. The number of hydrogen-bond donors (Lipinski definition) is 2. The van der Waals surface area contributed by atoms with Gasteiger partial charge in [-0.1, -0.05) is 68.4 Å². The van der Waals surface area contributed by atoms with Crippen molar-refractivity contribution in [1.82, 2.24) is 10.5 Å². The van der Waals surface area contributed by atoms with Crippen molar-refractivity contribution >= 4 is 11.6 Å². The van der Waals surface area contributed by atoms with E-state index < -0.39 is 0 Å². The lowest BCUT2D eigenvalue weighted by Gasteiger charge is -2.31. The zero-order valence-corrected chi connectivity index (χ0v) is 19.2. The van der Waals surface area contributed by atoms with Crippen LogP contribution in [0, 0.1) is 11.8 Å². The lowest BCUT2D eigenvalue weighted by molar-refractivity contribution is -0.117. The third kappa shape index (κ3) is 5.65. The number of nitrogens with zero attached hydrogens (tertiary/aromatic N) is 1. The third-order valence-corrected chi connectivity index (χ3v) is 6.34. The van der Waals surface area contributed by atoms with Gasteiger partial charge in [-0.05, 0) is 60.9 Å². The van der Waals surface area contributed by atoms with Gasteiger partial charge < -0.3 is 15.2 Å². The molecule has 0 bridgehead atoms. The molecule has 2 N–H and O–H groups in total. The summed E-state index contributed by atoms with van der Waals surface area (Å²) < 4.78 is 5.66. The molecule has 0 spiro atoms. The predicted molar refractivity (Wildman–Crippen MR) is 128 cm³/mol. The normalized spacial score (nSPS) is 19.0. The highest BCUT2D eigenvalue weighted by atomic mass is 16.5. The van der Waals surface area contributed by atoms with Gasteiger partial charge in [0.2, 0.25) is 5.91 Å². The van der Waals surface area contributed by atoms with Crippen molar-refractivity contribution in [2.24, 2.45) is 11.8 Å². The summed E-state index contributed by atoms with van der Waals surface area (Å²) in [6.07, 6.45) is 2.33. The predicted octanol–water partition coefficient (Wildman–Crippen LogP) is 5.44. The van der Waals surface area contributed by atoms with Crippen LogP contribution in [-0.2, 0) is 16.6 Å². The molecule has 1 amide bonds. The fourth-order valence-corrected chi connectivity index (χ4v) is 4.40. The van der Waals surface area contributed by atoms with Crippen molar-refractivity contribution in [3.05, 3.63) is 71.9 Å². The van der Waals surface area contributed by atoms with Crippen molar-refractivity contribution in [2.75, 3.05) is 18.4 Å². The number of carbonyl (C=O) groups excluding carboxylic acids is 1. The first-order chi connectivity index (χ1) is 15.4. The first kappa shape index (κ1) is 22.3. The van der Waals surface area contributed by atoms with Crippen LogP contribution < -0.4 is 10.6 Å². The molecule has 0 unspecified atom stereocenters. The van der Waals surface area contributed by atoms with Gasteiger partial charge >= 0.3 is 0 Å². The van der Waals surface area contributed by atoms with Crippen molar-refractivity contribution in [2.45, 2.75) is 45.4 Å². The molecule has 168 valence electrons. The average Bonchev–Trinajstić information content (AvgIpc) is 3.24. The summed E-state index contributed by atoms with van der Waals surface area (Å²) in [6.45, 7) is 8.48. The van der Waals surface area contributed by atoms with E-state index in [0.29, 0.717) is 18.3 Å². The van der Waals surface area contributed by atoms with Gasteiger partial charge in [0.25, 0.3) is 0 Å². The van der Waals surface area contributed by atoms with E-state index in [4.69, 9.17) is 4.52 Å². The van der Waals surface area contributed by atoms with Crippen LogP contribution in [0.15, 0.2) is 65.2 Å². The Balaban J connectivity index is 1.39. The summed E-state index contributed by atoms with van der Waals surface area (Å²) in [7, 11) is 0. The number of nitrogens with one attached hydrogen (secondary N) is 2. The summed E-state index contributed by atoms with van der Waals surface area (Å²) in [5, 5.41) is 10.8. The molecular formula is C27H33N3O2. The number of para-hydroxylation sites is 1. The Labute approximate surface area is 190 Å².